The highest BCUT2D eigenvalue weighted by Crippen LogP contribution is 2.36. The molecule has 3 aromatic rings. The lowest BCUT2D eigenvalue weighted by Crippen LogP contribution is -2.37. The van der Waals surface area contributed by atoms with Gasteiger partial charge < -0.3 is 5.32 Å². The first-order valence-corrected chi connectivity index (χ1v) is 14.6. The third-order valence-corrected chi connectivity index (χ3v) is 8.30. The molecule has 0 aliphatic rings. The molecular weight excluding hydrogens is 623 g/mol. The van der Waals surface area contributed by atoms with Gasteiger partial charge in [0.1, 0.15) is 6.54 Å². The van der Waals surface area contributed by atoms with Crippen molar-refractivity contribution in [3.8, 4) is 0 Å². The van der Waals surface area contributed by atoms with Crippen LogP contribution in [0.15, 0.2) is 76.1 Å². The van der Waals surface area contributed by atoms with Crippen molar-refractivity contribution in [2.75, 3.05) is 27.1 Å². The van der Waals surface area contributed by atoms with Crippen molar-refractivity contribution in [2.24, 2.45) is 0 Å². The first-order valence-electron chi connectivity index (χ1n) is 10.1. The second-order valence-corrected chi connectivity index (χ2v) is 12.4. The first kappa shape index (κ1) is 28.8. The third kappa shape index (κ3) is 7.37. The highest BCUT2D eigenvalue weighted by atomic mass is 79.9. The van der Waals surface area contributed by atoms with Crippen molar-refractivity contribution in [2.45, 2.75) is 11.1 Å². The summed E-state index contributed by atoms with van der Waals surface area (Å²) in [5, 5.41) is 1.90. The van der Waals surface area contributed by atoms with Crippen molar-refractivity contribution < 1.29 is 34.8 Å². The van der Waals surface area contributed by atoms with Gasteiger partial charge in [-0.25, -0.2) is 16.8 Å². The smallest absolute Gasteiger partial charge is 0.325 e. The quantitative estimate of drug-likeness (QED) is 0.346. The Morgan fingerprint density at radius 1 is 0.973 bits per heavy atom. The second kappa shape index (κ2) is 10.9. The molecule has 15 heteroatoms. The number of nitrogens with one attached hydrogen (secondary N) is 2. The molecular formula is C22H18BrClF3N3O5S2. The van der Waals surface area contributed by atoms with Gasteiger partial charge in [-0.05, 0) is 70.5 Å². The van der Waals surface area contributed by atoms with Crippen LogP contribution < -0.4 is 14.3 Å². The molecule has 0 atom stereocenters. The van der Waals surface area contributed by atoms with Gasteiger partial charge in [-0.2, -0.15) is 13.2 Å². The van der Waals surface area contributed by atoms with Crippen LogP contribution in [-0.4, -0.2) is 35.5 Å². The van der Waals surface area contributed by atoms with Crippen LogP contribution in [0.2, 0.25) is 5.02 Å². The molecule has 0 saturated heterocycles. The zero-order chi connectivity index (χ0) is 27.6. The van der Waals surface area contributed by atoms with Gasteiger partial charge in [-0.15, -0.1) is 0 Å². The Morgan fingerprint density at radius 3 is 2.14 bits per heavy atom. The molecule has 0 saturated carbocycles. The Balaban J connectivity index is 1.74. The Labute approximate surface area is 224 Å². The number of rotatable bonds is 8. The van der Waals surface area contributed by atoms with Crippen molar-refractivity contribution in [1.29, 1.82) is 0 Å². The summed E-state index contributed by atoms with van der Waals surface area (Å²) >= 11 is 8.81. The van der Waals surface area contributed by atoms with E-state index in [4.69, 9.17) is 11.6 Å². The van der Waals surface area contributed by atoms with E-state index >= 15 is 0 Å². The molecule has 0 spiro atoms. The standard InChI is InChI=1S/C22H18BrClF3N3O5S2/c1-36(32,33)30(20-5-3-2-4-18(20)23)13-21(31)28-14-6-9-16(10-7-14)37(34,35)29-15-8-11-19(24)17(12-15)22(25,26)27/h2-12,29H,13H2,1H3,(H,28,31). The fourth-order valence-corrected chi connectivity index (χ4v) is 5.86. The molecule has 3 aromatic carbocycles. The molecule has 2 N–H and O–H groups in total. The van der Waals surface area contributed by atoms with Gasteiger partial charge in [0.05, 0.1) is 27.4 Å². The molecule has 0 unspecified atom stereocenters. The fourth-order valence-electron chi connectivity index (χ4n) is 3.10. The normalized spacial score (nSPS) is 12.2. The van der Waals surface area contributed by atoms with Gasteiger partial charge in [-0.3, -0.25) is 13.8 Å². The molecule has 0 bridgehead atoms. The summed E-state index contributed by atoms with van der Waals surface area (Å²) < 4.78 is 92.4. The van der Waals surface area contributed by atoms with Gasteiger partial charge in [0.2, 0.25) is 15.9 Å². The first-order chi connectivity index (χ1) is 17.1. The molecule has 0 heterocycles. The van der Waals surface area contributed by atoms with Crippen LogP contribution in [-0.2, 0) is 31.0 Å². The van der Waals surface area contributed by atoms with E-state index in [1.807, 2.05) is 4.72 Å². The van der Waals surface area contributed by atoms with Crippen LogP contribution in [0.3, 0.4) is 0 Å². The number of hydrogen-bond donors (Lipinski definition) is 2. The van der Waals surface area contributed by atoms with Gasteiger partial charge in [0.25, 0.3) is 10.0 Å². The molecule has 37 heavy (non-hydrogen) atoms. The molecule has 3 rings (SSSR count). The van der Waals surface area contributed by atoms with Gasteiger partial charge in [-0.1, -0.05) is 23.7 Å². The van der Waals surface area contributed by atoms with E-state index in [0.717, 1.165) is 34.8 Å². The average molecular weight is 641 g/mol. The Kier molecular flexibility index (Phi) is 8.47. The van der Waals surface area contributed by atoms with Crippen LogP contribution in [0.5, 0.6) is 0 Å². The number of carbonyl (C=O) groups is 1. The van der Waals surface area contributed by atoms with Crippen molar-refractivity contribution in [3.05, 3.63) is 81.8 Å². The number of halogens is 5. The Hall–Kier alpha value is -2.81. The van der Waals surface area contributed by atoms with E-state index in [1.165, 1.54) is 18.2 Å². The minimum atomic E-state index is -4.78. The second-order valence-electron chi connectivity index (χ2n) is 7.59. The maximum atomic E-state index is 13.1. The predicted molar refractivity (Wildman–Crippen MR) is 139 cm³/mol. The van der Waals surface area contributed by atoms with Crippen LogP contribution in [0.4, 0.5) is 30.2 Å². The van der Waals surface area contributed by atoms with Crippen LogP contribution >= 0.6 is 27.5 Å². The number of hydrogen-bond acceptors (Lipinski definition) is 5. The molecule has 198 valence electrons. The topological polar surface area (TPSA) is 113 Å². The zero-order valence-corrected chi connectivity index (χ0v) is 22.7. The van der Waals surface area contributed by atoms with E-state index in [9.17, 15) is 34.8 Å². The number of nitrogens with zero attached hydrogens (tertiary/aromatic N) is 1. The molecule has 0 fully saturated rings. The summed E-state index contributed by atoms with van der Waals surface area (Å²) in [6.45, 7) is -0.554. The maximum absolute atomic E-state index is 13.1. The van der Waals surface area contributed by atoms with E-state index in [2.05, 4.69) is 21.2 Å². The number of alkyl halides is 3. The lowest BCUT2D eigenvalue weighted by atomic mass is 10.2. The summed E-state index contributed by atoms with van der Waals surface area (Å²) in [6, 6.07) is 13.8. The number of anilines is 3. The minimum absolute atomic E-state index is 0.162. The van der Waals surface area contributed by atoms with Gasteiger partial charge >= 0.3 is 6.18 Å². The number of amides is 1. The molecule has 0 radical (unpaired) electrons. The lowest BCUT2D eigenvalue weighted by molar-refractivity contribution is -0.137. The number of benzene rings is 3. The Morgan fingerprint density at radius 2 is 1.57 bits per heavy atom. The van der Waals surface area contributed by atoms with E-state index in [-0.39, 0.29) is 22.0 Å². The lowest BCUT2D eigenvalue weighted by Gasteiger charge is -2.23. The molecule has 1 amide bonds. The van der Waals surface area contributed by atoms with Crippen molar-refractivity contribution in [1.82, 2.24) is 0 Å². The molecule has 0 aliphatic carbocycles. The number of carbonyl (C=O) groups excluding carboxylic acids is 1. The SMILES string of the molecule is CS(=O)(=O)N(CC(=O)Nc1ccc(S(=O)(=O)Nc2ccc(Cl)c(C(F)(F)F)c2)cc1)c1ccccc1Br. The van der Waals surface area contributed by atoms with Crippen LogP contribution in [0.1, 0.15) is 5.56 Å². The summed E-state index contributed by atoms with van der Waals surface area (Å²) in [6.07, 6.45) is -3.83. The minimum Gasteiger partial charge on any atom is -0.325 e. The van der Waals surface area contributed by atoms with Crippen LogP contribution in [0.25, 0.3) is 0 Å². The number of sulfonamides is 2. The summed E-state index contributed by atoms with van der Waals surface area (Å²) in [5.41, 5.74) is -1.13. The van der Waals surface area contributed by atoms with E-state index in [1.54, 1.807) is 18.2 Å². The Bertz CT molecular complexity index is 1530. The largest absolute Gasteiger partial charge is 0.417 e. The summed E-state index contributed by atoms with van der Waals surface area (Å²) in [7, 11) is -8.10. The summed E-state index contributed by atoms with van der Waals surface area (Å²) in [5.74, 6) is -0.698. The maximum Gasteiger partial charge on any atom is 0.417 e. The highest BCUT2D eigenvalue weighted by molar-refractivity contribution is 9.10. The molecule has 8 nitrogen and oxygen atoms in total. The van der Waals surface area contributed by atoms with Crippen molar-refractivity contribution >= 4 is 70.5 Å². The molecule has 0 aromatic heterocycles. The van der Waals surface area contributed by atoms with Crippen LogP contribution in [0, 0.1) is 0 Å². The zero-order valence-electron chi connectivity index (χ0n) is 18.8. The highest BCUT2D eigenvalue weighted by Gasteiger charge is 2.33. The monoisotopic (exact) mass is 639 g/mol. The van der Waals surface area contributed by atoms with Gasteiger partial charge in [0, 0.05) is 15.8 Å². The fraction of sp³-hybridized carbons (Fsp3) is 0.136. The summed E-state index contributed by atoms with van der Waals surface area (Å²) in [4.78, 5) is 12.3. The third-order valence-electron chi connectivity index (χ3n) is 4.78. The van der Waals surface area contributed by atoms with Crippen molar-refractivity contribution in [3.63, 3.8) is 0 Å². The van der Waals surface area contributed by atoms with E-state index < -0.39 is 49.3 Å². The number of para-hydroxylation sites is 1. The molecule has 0 aliphatic heterocycles. The predicted octanol–water partition coefficient (Wildman–Crippen LogP) is 5.33. The van der Waals surface area contributed by atoms with E-state index in [0.29, 0.717) is 10.5 Å². The van der Waals surface area contributed by atoms with Gasteiger partial charge in [0.15, 0.2) is 0 Å². The average Bonchev–Trinajstić information content (AvgIpc) is 2.78.